The first-order chi connectivity index (χ1) is 7.95. The highest BCUT2D eigenvalue weighted by Crippen LogP contribution is 2.21. The lowest BCUT2D eigenvalue weighted by Gasteiger charge is -2.21. The molecule has 6 heteroatoms. The Morgan fingerprint density at radius 1 is 1.65 bits per heavy atom. The molecule has 1 heterocycles. The number of nitrogens with zero attached hydrogens (tertiary/aromatic N) is 1. The molecule has 94 valence electrons. The topological polar surface area (TPSA) is 88.2 Å². The second-order valence-electron chi connectivity index (χ2n) is 4.10. The van der Waals surface area contributed by atoms with E-state index >= 15 is 0 Å². The van der Waals surface area contributed by atoms with Gasteiger partial charge in [0, 0.05) is 6.20 Å². The van der Waals surface area contributed by atoms with E-state index in [4.69, 9.17) is 17.3 Å². The Morgan fingerprint density at radius 3 is 2.71 bits per heavy atom. The van der Waals surface area contributed by atoms with E-state index in [1.54, 1.807) is 0 Å². The van der Waals surface area contributed by atoms with Crippen molar-refractivity contribution in [2.45, 2.75) is 19.9 Å². The molecule has 1 atom stereocenters. The van der Waals surface area contributed by atoms with Crippen molar-refractivity contribution in [1.29, 1.82) is 0 Å². The van der Waals surface area contributed by atoms with E-state index in [9.17, 15) is 9.90 Å². The van der Waals surface area contributed by atoms with E-state index in [0.717, 1.165) is 0 Å². The Bertz CT molecular complexity index is 410. The van der Waals surface area contributed by atoms with Crippen molar-refractivity contribution < 1.29 is 9.90 Å². The summed E-state index contributed by atoms with van der Waals surface area (Å²) >= 11 is 5.96. The molecule has 0 aliphatic heterocycles. The minimum atomic E-state index is -0.575. The molecule has 0 aromatic carbocycles. The summed E-state index contributed by atoms with van der Waals surface area (Å²) in [6.45, 7) is 3.92. The number of carbonyl (C=O) groups excluding carboxylic acids is 1. The third-order valence-electron chi connectivity index (χ3n) is 2.45. The van der Waals surface area contributed by atoms with Crippen LogP contribution in [-0.2, 0) is 0 Å². The highest BCUT2D eigenvalue weighted by atomic mass is 35.5. The standard InChI is InChI=1S/C11H16ClN3O2/c1-6(2)9(5-16)15-11-8(12)3-7(4-14-11)10(13)17/h3-4,6,9,16H,5H2,1-2H3,(H2,13,17)(H,14,15)/t9-/m1/s1. The lowest BCUT2D eigenvalue weighted by molar-refractivity contribution is 0.1000. The second kappa shape index (κ2) is 5.84. The zero-order chi connectivity index (χ0) is 13.0. The van der Waals surface area contributed by atoms with Crippen LogP contribution in [0.5, 0.6) is 0 Å². The number of hydrogen-bond acceptors (Lipinski definition) is 4. The van der Waals surface area contributed by atoms with Crippen molar-refractivity contribution in [3.8, 4) is 0 Å². The average Bonchev–Trinajstić information content (AvgIpc) is 2.26. The van der Waals surface area contributed by atoms with Gasteiger partial charge in [-0.05, 0) is 12.0 Å². The summed E-state index contributed by atoms with van der Waals surface area (Å²) in [6.07, 6.45) is 1.35. The molecule has 0 unspecified atom stereocenters. The fourth-order valence-corrected chi connectivity index (χ4v) is 1.50. The first-order valence-electron chi connectivity index (χ1n) is 5.28. The smallest absolute Gasteiger partial charge is 0.250 e. The van der Waals surface area contributed by atoms with Crippen LogP contribution in [0.3, 0.4) is 0 Å². The highest BCUT2D eigenvalue weighted by Gasteiger charge is 2.15. The number of primary amides is 1. The van der Waals surface area contributed by atoms with E-state index < -0.39 is 5.91 Å². The third-order valence-corrected chi connectivity index (χ3v) is 2.74. The van der Waals surface area contributed by atoms with Crippen molar-refractivity contribution in [1.82, 2.24) is 4.98 Å². The van der Waals surface area contributed by atoms with Crippen LogP contribution in [0, 0.1) is 5.92 Å². The molecule has 0 saturated heterocycles. The molecule has 0 bridgehead atoms. The SMILES string of the molecule is CC(C)[C@@H](CO)Nc1ncc(C(N)=O)cc1Cl. The number of aliphatic hydroxyl groups is 1. The van der Waals surface area contributed by atoms with Gasteiger partial charge in [0.05, 0.1) is 23.2 Å². The zero-order valence-electron chi connectivity index (χ0n) is 9.77. The van der Waals surface area contributed by atoms with Crippen molar-refractivity contribution in [3.63, 3.8) is 0 Å². The summed E-state index contributed by atoms with van der Waals surface area (Å²) in [5.41, 5.74) is 5.37. The van der Waals surface area contributed by atoms with Crippen LogP contribution in [0.4, 0.5) is 5.82 Å². The van der Waals surface area contributed by atoms with Gasteiger partial charge >= 0.3 is 0 Å². The van der Waals surface area contributed by atoms with Gasteiger partial charge in [0.1, 0.15) is 5.82 Å². The maximum Gasteiger partial charge on any atom is 0.250 e. The van der Waals surface area contributed by atoms with E-state index in [1.165, 1.54) is 12.3 Å². The van der Waals surface area contributed by atoms with E-state index in [0.29, 0.717) is 10.8 Å². The quantitative estimate of drug-likeness (QED) is 0.741. The first kappa shape index (κ1) is 13.7. The molecular formula is C11H16ClN3O2. The molecule has 0 aliphatic rings. The highest BCUT2D eigenvalue weighted by molar-refractivity contribution is 6.33. The normalized spacial score (nSPS) is 12.5. The van der Waals surface area contributed by atoms with Crippen LogP contribution >= 0.6 is 11.6 Å². The molecule has 1 rings (SSSR count). The maximum absolute atomic E-state index is 10.9. The van der Waals surface area contributed by atoms with Crippen LogP contribution in [0.2, 0.25) is 5.02 Å². The molecule has 0 saturated carbocycles. The Morgan fingerprint density at radius 2 is 2.29 bits per heavy atom. The maximum atomic E-state index is 10.9. The van der Waals surface area contributed by atoms with Gasteiger partial charge in [0.2, 0.25) is 5.91 Å². The van der Waals surface area contributed by atoms with Crippen molar-refractivity contribution in [3.05, 3.63) is 22.8 Å². The lowest BCUT2D eigenvalue weighted by Crippen LogP contribution is -2.30. The van der Waals surface area contributed by atoms with Gasteiger partial charge in [0.25, 0.3) is 0 Å². The number of aromatic nitrogens is 1. The number of nitrogens with two attached hydrogens (primary N) is 1. The summed E-state index contributed by atoms with van der Waals surface area (Å²) in [5, 5.41) is 12.5. The second-order valence-corrected chi connectivity index (χ2v) is 4.50. The minimum Gasteiger partial charge on any atom is -0.394 e. The Balaban J connectivity index is 2.89. The molecule has 0 spiro atoms. The van der Waals surface area contributed by atoms with Crippen LogP contribution in [0.1, 0.15) is 24.2 Å². The number of anilines is 1. The van der Waals surface area contributed by atoms with E-state index in [2.05, 4.69) is 10.3 Å². The molecule has 0 aliphatic carbocycles. The van der Waals surface area contributed by atoms with Gasteiger partial charge < -0.3 is 16.2 Å². The number of nitrogens with one attached hydrogen (secondary N) is 1. The molecule has 1 aromatic rings. The molecule has 1 amide bonds. The number of aliphatic hydroxyl groups excluding tert-OH is 1. The van der Waals surface area contributed by atoms with Gasteiger partial charge in [-0.25, -0.2) is 4.98 Å². The number of halogens is 1. The number of amides is 1. The number of hydrogen-bond donors (Lipinski definition) is 3. The van der Waals surface area contributed by atoms with Crippen LogP contribution in [0.25, 0.3) is 0 Å². The Hall–Kier alpha value is -1.33. The summed E-state index contributed by atoms with van der Waals surface area (Å²) in [7, 11) is 0. The minimum absolute atomic E-state index is 0.0206. The summed E-state index contributed by atoms with van der Waals surface area (Å²) in [6, 6.07) is 1.31. The van der Waals surface area contributed by atoms with Crippen molar-refractivity contribution >= 4 is 23.3 Å². The van der Waals surface area contributed by atoms with Crippen molar-refractivity contribution in [2.24, 2.45) is 11.7 Å². The largest absolute Gasteiger partial charge is 0.394 e. The molecular weight excluding hydrogens is 242 g/mol. The lowest BCUT2D eigenvalue weighted by atomic mass is 10.1. The monoisotopic (exact) mass is 257 g/mol. The first-order valence-corrected chi connectivity index (χ1v) is 5.66. The molecule has 0 radical (unpaired) electrons. The zero-order valence-corrected chi connectivity index (χ0v) is 10.5. The van der Waals surface area contributed by atoms with Gasteiger partial charge in [-0.3, -0.25) is 4.79 Å². The fourth-order valence-electron chi connectivity index (χ4n) is 1.28. The fraction of sp³-hybridized carbons (Fsp3) is 0.455. The van der Waals surface area contributed by atoms with Gasteiger partial charge in [-0.2, -0.15) is 0 Å². The average molecular weight is 258 g/mol. The number of pyridine rings is 1. The molecule has 5 nitrogen and oxygen atoms in total. The number of rotatable bonds is 5. The van der Waals surface area contributed by atoms with Crippen LogP contribution < -0.4 is 11.1 Å². The summed E-state index contributed by atoms with van der Waals surface area (Å²) in [4.78, 5) is 14.9. The van der Waals surface area contributed by atoms with Crippen molar-refractivity contribution in [2.75, 3.05) is 11.9 Å². The number of carbonyl (C=O) groups is 1. The molecule has 0 fully saturated rings. The summed E-state index contributed by atoms with van der Waals surface area (Å²) < 4.78 is 0. The van der Waals surface area contributed by atoms with Gasteiger partial charge in [0.15, 0.2) is 0 Å². The van der Waals surface area contributed by atoms with Gasteiger partial charge in [-0.15, -0.1) is 0 Å². The molecule has 1 aromatic heterocycles. The van der Waals surface area contributed by atoms with E-state index in [1.807, 2.05) is 13.8 Å². The van der Waals surface area contributed by atoms with E-state index in [-0.39, 0.29) is 24.1 Å². The summed E-state index contributed by atoms with van der Waals surface area (Å²) in [5.74, 6) is 0.0895. The predicted octanol–water partition coefficient (Wildman–Crippen LogP) is 1.26. The third kappa shape index (κ3) is 3.57. The van der Waals surface area contributed by atoms with Crippen LogP contribution in [0.15, 0.2) is 12.3 Å². The molecule has 17 heavy (non-hydrogen) atoms. The Kier molecular flexibility index (Phi) is 4.72. The molecule has 4 N–H and O–H groups in total. The predicted molar refractivity (Wildman–Crippen MR) is 67.1 cm³/mol. The Labute approximate surface area is 105 Å². The van der Waals surface area contributed by atoms with Crippen LogP contribution in [-0.4, -0.2) is 28.6 Å². The van der Waals surface area contributed by atoms with Gasteiger partial charge in [-0.1, -0.05) is 25.4 Å².